The smallest absolute Gasteiger partial charge is 0.143 e. The van der Waals surface area contributed by atoms with Gasteiger partial charge in [-0.05, 0) is 17.7 Å². The Labute approximate surface area is 127 Å². The molecule has 1 aromatic carbocycles. The number of nitrogens with zero attached hydrogens (tertiary/aromatic N) is 2. The molecule has 0 unspecified atom stereocenters. The Balaban J connectivity index is 2.15. The van der Waals surface area contributed by atoms with Crippen molar-refractivity contribution >= 4 is 43.3 Å². The van der Waals surface area contributed by atoms with Crippen molar-refractivity contribution in [2.45, 2.75) is 5.33 Å². The maximum atomic E-state index is 11.2. The highest BCUT2D eigenvalue weighted by molar-refractivity contribution is 9.08. The quantitative estimate of drug-likeness (QED) is 0.582. The summed E-state index contributed by atoms with van der Waals surface area (Å²) in [7, 11) is 0. The topological polar surface area (TPSA) is 76.3 Å². The summed E-state index contributed by atoms with van der Waals surface area (Å²) in [6.45, 7) is 0. The van der Waals surface area contributed by atoms with Crippen molar-refractivity contribution in [1.29, 1.82) is 0 Å². The number of quaternary nitrogens is 1. The van der Waals surface area contributed by atoms with Crippen LogP contribution in [0.2, 0.25) is 0 Å². The van der Waals surface area contributed by atoms with Gasteiger partial charge in [0.15, 0.2) is 0 Å². The number of rotatable bonds is 3. The maximum Gasteiger partial charge on any atom is 0.143 e. The van der Waals surface area contributed by atoms with Gasteiger partial charge >= 0.3 is 0 Å². The molecule has 0 radical (unpaired) electrons. The van der Waals surface area contributed by atoms with E-state index in [1.54, 1.807) is 24.4 Å². The van der Waals surface area contributed by atoms with E-state index >= 15 is 0 Å². The van der Waals surface area contributed by atoms with Gasteiger partial charge in [0.1, 0.15) is 21.0 Å². The van der Waals surface area contributed by atoms with Crippen LogP contribution in [0.15, 0.2) is 36.5 Å². The third-order valence-corrected chi connectivity index (χ3v) is 4.50. The fourth-order valence-corrected chi connectivity index (χ4v) is 3.14. The molecule has 102 valence electrons. The van der Waals surface area contributed by atoms with E-state index in [9.17, 15) is 10.4 Å². The summed E-state index contributed by atoms with van der Waals surface area (Å²) in [5, 5.41) is 22.5. The average molecular weight is 351 g/mol. The fraction of sp³-hybridized carbons (Fsp3) is 0.0769. The molecular formula is C13H9BrN3O2S-. The molecule has 7 heteroatoms. The van der Waals surface area contributed by atoms with Gasteiger partial charge in [-0.25, -0.2) is 9.97 Å². The number of thiazole rings is 1. The second-order valence-corrected chi connectivity index (χ2v) is 5.69. The summed E-state index contributed by atoms with van der Waals surface area (Å²) in [6.07, 6.45) is 1.78. The van der Waals surface area contributed by atoms with Crippen LogP contribution in [-0.2, 0) is 5.33 Å². The van der Waals surface area contributed by atoms with E-state index < -0.39 is 5.23 Å². The average Bonchev–Trinajstić information content (AvgIpc) is 2.89. The Morgan fingerprint density at radius 2 is 2.05 bits per heavy atom. The summed E-state index contributed by atoms with van der Waals surface area (Å²) < 4.78 is 0. The van der Waals surface area contributed by atoms with E-state index in [1.165, 1.54) is 17.4 Å². The standard InChI is InChI=1S/C13H9BrN3O2S/c14-6-8-5-10-13(15-7-8)20-12(16-10)9-3-1-2-4-11(9)17(18)19/h1-5,7,17H,6H2/q-1. The lowest BCUT2D eigenvalue weighted by atomic mass is 10.2. The molecule has 0 bridgehead atoms. The van der Waals surface area contributed by atoms with Gasteiger partial charge in [-0.2, -0.15) is 0 Å². The van der Waals surface area contributed by atoms with Gasteiger partial charge in [-0.3, -0.25) is 0 Å². The van der Waals surface area contributed by atoms with E-state index in [0.29, 0.717) is 15.9 Å². The second-order valence-electron chi connectivity index (χ2n) is 4.15. The number of aromatic nitrogens is 2. The van der Waals surface area contributed by atoms with E-state index in [2.05, 4.69) is 25.9 Å². The van der Waals surface area contributed by atoms with Crippen molar-refractivity contribution in [3.05, 3.63) is 52.5 Å². The van der Waals surface area contributed by atoms with Crippen molar-refractivity contribution < 1.29 is 5.23 Å². The lowest BCUT2D eigenvalue weighted by Crippen LogP contribution is -2.96. The minimum absolute atomic E-state index is 0.146. The Morgan fingerprint density at radius 1 is 1.25 bits per heavy atom. The fourth-order valence-electron chi connectivity index (χ4n) is 1.90. The first kappa shape index (κ1) is 13.6. The Bertz CT molecular complexity index is 760. The molecular weight excluding hydrogens is 342 g/mol. The SMILES string of the molecule is [O-][NH+]([O-])c1ccccc1-c1nc2cc(CBr)cnc2s1. The third kappa shape index (κ3) is 2.46. The molecule has 0 amide bonds. The van der Waals surface area contributed by atoms with Crippen molar-refractivity contribution in [3.63, 3.8) is 0 Å². The first-order chi connectivity index (χ1) is 9.69. The Kier molecular flexibility index (Phi) is 3.77. The molecule has 0 fully saturated rings. The zero-order valence-corrected chi connectivity index (χ0v) is 12.6. The molecule has 2 aromatic heterocycles. The number of pyridine rings is 1. The van der Waals surface area contributed by atoms with Gasteiger partial charge in [0.25, 0.3) is 0 Å². The van der Waals surface area contributed by atoms with E-state index in [4.69, 9.17) is 0 Å². The molecule has 0 saturated carbocycles. The number of fused-ring (bicyclic) bond motifs is 1. The van der Waals surface area contributed by atoms with Crippen LogP contribution >= 0.6 is 27.3 Å². The van der Waals surface area contributed by atoms with Crippen molar-refractivity contribution in [2.24, 2.45) is 0 Å². The summed E-state index contributed by atoms with van der Waals surface area (Å²) >= 11 is 4.75. The lowest BCUT2D eigenvalue weighted by Gasteiger charge is -2.26. The minimum Gasteiger partial charge on any atom is -0.628 e. The predicted octanol–water partition coefficient (Wildman–Crippen LogP) is 2.77. The zero-order chi connectivity index (χ0) is 14.1. The Morgan fingerprint density at radius 3 is 2.80 bits per heavy atom. The van der Waals surface area contributed by atoms with Crippen molar-refractivity contribution in [3.8, 4) is 10.6 Å². The lowest BCUT2D eigenvalue weighted by molar-refractivity contribution is -0.714. The Hall–Kier alpha value is -1.38. The van der Waals surface area contributed by atoms with Crippen molar-refractivity contribution in [2.75, 3.05) is 0 Å². The molecule has 0 aliphatic carbocycles. The largest absolute Gasteiger partial charge is 0.628 e. The van der Waals surface area contributed by atoms with E-state index in [0.717, 1.165) is 15.9 Å². The molecule has 1 N–H and O–H groups in total. The third-order valence-electron chi connectivity index (χ3n) is 2.84. The van der Waals surface area contributed by atoms with Gasteiger partial charge in [0.05, 0.1) is 5.56 Å². The minimum atomic E-state index is -1.20. The van der Waals surface area contributed by atoms with Crippen molar-refractivity contribution in [1.82, 2.24) is 9.97 Å². The van der Waals surface area contributed by atoms with Gasteiger partial charge in [-0.1, -0.05) is 39.4 Å². The summed E-state index contributed by atoms with van der Waals surface area (Å²) in [5.74, 6) is 0. The molecule has 2 heterocycles. The van der Waals surface area contributed by atoms with Crippen LogP contribution in [0.4, 0.5) is 5.69 Å². The second kappa shape index (κ2) is 5.55. The summed E-state index contributed by atoms with van der Waals surface area (Å²) in [4.78, 5) is 9.60. The van der Waals surface area contributed by atoms with Crippen LogP contribution in [0.1, 0.15) is 5.56 Å². The van der Waals surface area contributed by atoms with Crippen LogP contribution in [0.25, 0.3) is 20.9 Å². The highest BCUT2D eigenvalue weighted by atomic mass is 79.9. The van der Waals surface area contributed by atoms with E-state index in [1.807, 2.05) is 6.07 Å². The number of benzene rings is 1. The van der Waals surface area contributed by atoms with Crippen LogP contribution in [-0.4, -0.2) is 9.97 Å². The maximum absolute atomic E-state index is 11.2. The summed E-state index contributed by atoms with van der Waals surface area (Å²) in [6, 6.07) is 8.65. The number of hydrogen-bond donors (Lipinski definition) is 1. The van der Waals surface area contributed by atoms with Gasteiger partial charge < -0.3 is 15.6 Å². The number of halogens is 1. The monoisotopic (exact) mass is 350 g/mol. The number of alkyl halides is 1. The first-order valence-corrected chi connectivity index (χ1v) is 7.75. The molecule has 0 aliphatic heterocycles. The first-order valence-electron chi connectivity index (χ1n) is 5.81. The van der Waals surface area contributed by atoms with Gasteiger partial charge in [-0.15, -0.1) is 0 Å². The molecule has 0 aliphatic rings. The number of nitrogens with one attached hydrogen (secondary N) is 1. The predicted molar refractivity (Wildman–Crippen MR) is 82.8 cm³/mol. The van der Waals surface area contributed by atoms with Crippen LogP contribution < -0.4 is 5.23 Å². The van der Waals surface area contributed by atoms with Crippen LogP contribution in [0, 0.1) is 10.4 Å². The number of hydrogen-bond acceptors (Lipinski definition) is 5. The van der Waals surface area contributed by atoms with Crippen LogP contribution in [0.5, 0.6) is 0 Å². The zero-order valence-electron chi connectivity index (χ0n) is 10.2. The molecule has 0 saturated heterocycles. The van der Waals surface area contributed by atoms with E-state index in [-0.39, 0.29) is 5.69 Å². The van der Waals surface area contributed by atoms with Gasteiger partial charge in [0, 0.05) is 17.6 Å². The molecule has 3 aromatic rings. The molecule has 0 spiro atoms. The highest BCUT2D eigenvalue weighted by Crippen LogP contribution is 2.32. The molecule has 5 nitrogen and oxygen atoms in total. The molecule has 0 atom stereocenters. The summed E-state index contributed by atoms with van der Waals surface area (Å²) in [5.41, 5.74) is 2.51. The van der Waals surface area contributed by atoms with Crippen LogP contribution in [0.3, 0.4) is 0 Å². The normalized spacial score (nSPS) is 11.4. The highest BCUT2D eigenvalue weighted by Gasteiger charge is 2.13. The molecule has 3 rings (SSSR count). The molecule has 20 heavy (non-hydrogen) atoms. The van der Waals surface area contributed by atoms with Gasteiger partial charge in [0.2, 0.25) is 0 Å².